The molecule has 1 fully saturated rings. The monoisotopic (exact) mass is 375 g/mol. The van der Waals surface area contributed by atoms with Gasteiger partial charge in [-0.25, -0.2) is 5.10 Å². The van der Waals surface area contributed by atoms with Gasteiger partial charge in [0.15, 0.2) is 0 Å². The van der Waals surface area contributed by atoms with Crippen LogP contribution >= 0.6 is 11.6 Å². The number of hydrogen-bond acceptors (Lipinski definition) is 4. The van der Waals surface area contributed by atoms with Crippen LogP contribution in [0.25, 0.3) is 11.3 Å². The van der Waals surface area contributed by atoms with Gasteiger partial charge in [-0.2, -0.15) is 5.10 Å². The van der Waals surface area contributed by atoms with Crippen LogP contribution < -0.4 is 10.9 Å². The van der Waals surface area contributed by atoms with Gasteiger partial charge in [0.1, 0.15) is 6.23 Å². The molecule has 1 saturated carbocycles. The molecule has 0 saturated heterocycles. The second kappa shape index (κ2) is 8.47. The molecule has 6 nitrogen and oxygen atoms in total. The fourth-order valence-corrected chi connectivity index (χ4v) is 3.52. The molecule has 0 spiro atoms. The summed E-state index contributed by atoms with van der Waals surface area (Å²) < 4.78 is 0. The van der Waals surface area contributed by atoms with Crippen molar-refractivity contribution in [3.63, 3.8) is 0 Å². The molecule has 3 rings (SSSR count). The Morgan fingerprint density at radius 3 is 2.58 bits per heavy atom. The predicted octanol–water partition coefficient (Wildman–Crippen LogP) is 3.11. The summed E-state index contributed by atoms with van der Waals surface area (Å²) in [4.78, 5) is 23.8. The molecule has 1 heterocycles. The third-order valence-corrected chi connectivity index (χ3v) is 5.14. The van der Waals surface area contributed by atoms with E-state index in [1.165, 1.54) is 18.9 Å². The Balaban J connectivity index is 1.76. The van der Waals surface area contributed by atoms with Crippen LogP contribution in [0.4, 0.5) is 0 Å². The normalized spacial score (nSPS) is 16.7. The third kappa shape index (κ3) is 4.51. The molecule has 1 aliphatic rings. The number of carbonyl (C=O) groups excluding carboxylic acids is 1. The van der Waals surface area contributed by atoms with Crippen molar-refractivity contribution >= 4 is 17.5 Å². The zero-order valence-electron chi connectivity index (χ0n) is 14.4. The highest BCUT2D eigenvalue weighted by molar-refractivity contribution is 6.34. The molecule has 1 atom stereocenters. The van der Waals surface area contributed by atoms with Gasteiger partial charge in [-0.3, -0.25) is 9.59 Å². The molecule has 26 heavy (non-hydrogen) atoms. The van der Waals surface area contributed by atoms with Gasteiger partial charge >= 0.3 is 0 Å². The third-order valence-electron chi connectivity index (χ3n) is 4.81. The highest BCUT2D eigenvalue weighted by Gasteiger charge is 2.23. The van der Waals surface area contributed by atoms with E-state index in [1.54, 1.807) is 24.3 Å². The van der Waals surface area contributed by atoms with E-state index in [0.717, 1.165) is 25.7 Å². The topological polar surface area (TPSA) is 95.1 Å². The number of H-pyrrole nitrogens is 1. The molecule has 0 bridgehead atoms. The highest BCUT2D eigenvalue weighted by atomic mass is 35.5. The van der Waals surface area contributed by atoms with E-state index in [1.807, 2.05) is 0 Å². The number of benzene rings is 1. The van der Waals surface area contributed by atoms with Gasteiger partial charge in [-0.1, -0.05) is 43.4 Å². The summed E-state index contributed by atoms with van der Waals surface area (Å²) >= 11 is 6.18. The molecule has 7 heteroatoms. The Morgan fingerprint density at radius 2 is 1.92 bits per heavy atom. The summed E-state index contributed by atoms with van der Waals surface area (Å²) in [6.07, 6.45) is 5.45. The number of nitrogens with one attached hydrogen (secondary N) is 2. The molecule has 1 amide bonds. The van der Waals surface area contributed by atoms with Crippen LogP contribution in [-0.2, 0) is 0 Å². The number of carbonyl (C=O) groups is 1. The summed E-state index contributed by atoms with van der Waals surface area (Å²) in [6.45, 7) is 0. The van der Waals surface area contributed by atoms with E-state index in [4.69, 9.17) is 11.6 Å². The lowest BCUT2D eigenvalue weighted by Crippen LogP contribution is -2.40. The minimum absolute atomic E-state index is 0.0734. The molecular weight excluding hydrogens is 354 g/mol. The maximum Gasteiger partial charge on any atom is 0.264 e. The number of hydrogen-bond donors (Lipinski definition) is 3. The van der Waals surface area contributed by atoms with Gasteiger partial charge in [0, 0.05) is 17.5 Å². The standard InChI is InChI=1S/C19H22ClN3O3/c20-15-8-7-13(16-9-10-17(24)23-22-16)11-14(15)19(26)21-18(25)12-5-3-1-2-4-6-12/h7-12,18,25H,1-6H2,(H,21,26)(H,23,24). The van der Waals surface area contributed by atoms with Crippen molar-refractivity contribution in [3.05, 3.63) is 51.3 Å². The number of aliphatic hydroxyl groups excluding tert-OH is 1. The summed E-state index contributed by atoms with van der Waals surface area (Å²) in [6, 6.07) is 7.88. The first-order valence-electron chi connectivity index (χ1n) is 8.89. The largest absolute Gasteiger partial charge is 0.373 e. The molecular formula is C19H22ClN3O3. The lowest BCUT2D eigenvalue weighted by molar-refractivity contribution is 0.0532. The van der Waals surface area contributed by atoms with Crippen LogP contribution in [0.15, 0.2) is 35.1 Å². The number of aromatic amines is 1. The van der Waals surface area contributed by atoms with Gasteiger partial charge in [-0.05, 0) is 31.0 Å². The van der Waals surface area contributed by atoms with Crippen molar-refractivity contribution in [3.8, 4) is 11.3 Å². The number of nitrogens with zero attached hydrogens (tertiary/aromatic N) is 1. The van der Waals surface area contributed by atoms with Crippen molar-refractivity contribution in [1.29, 1.82) is 0 Å². The van der Waals surface area contributed by atoms with E-state index < -0.39 is 12.1 Å². The van der Waals surface area contributed by atoms with Crippen LogP contribution in [0.1, 0.15) is 48.9 Å². The van der Waals surface area contributed by atoms with Gasteiger partial charge in [0.2, 0.25) is 0 Å². The lowest BCUT2D eigenvalue weighted by atomic mass is 9.98. The Bertz CT molecular complexity index is 809. The van der Waals surface area contributed by atoms with Crippen molar-refractivity contribution in [2.75, 3.05) is 0 Å². The quantitative estimate of drug-likeness (QED) is 0.565. The number of aromatic nitrogens is 2. The molecule has 2 aromatic rings. The first kappa shape index (κ1) is 18.6. The Hall–Kier alpha value is -2.18. The highest BCUT2D eigenvalue weighted by Crippen LogP contribution is 2.26. The van der Waals surface area contributed by atoms with E-state index >= 15 is 0 Å². The van der Waals surface area contributed by atoms with Gasteiger partial charge in [0.05, 0.1) is 16.3 Å². The molecule has 1 aromatic carbocycles. The maximum absolute atomic E-state index is 12.6. The van der Waals surface area contributed by atoms with Gasteiger partial charge < -0.3 is 10.4 Å². The van der Waals surface area contributed by atoms with E-state index in [0.29, 0.717) is 16.3 Å². The van der Waals surface area contributed by atoms with Crippen molar-refractivity contribution in [2.45, 2.75) is 44.8 Å². The number of halogens is 1. The van der Waals surface area contributed by atoms with E-state index in [2.05, 4.69) is 15.5 Å². The first-order valence-corrected chi connectivity index (χ1v) is 9.27. The molecule has 138 valence electrons. The SMILES string of the molecule is O=C(NC(O)C1CCCCCC1)c1cc(-c2ccc(=O)[nH]n2)ccc1Cl. The molecule has 1 aliphatic carbocycles. The second-order valence-corrected chi connectivity index (χ2v) is 7.08. The minimum atomic E-state index is -0.883. The Labute approximate surface area is 156 Å². The average molecular weight is 376 g/mol. The van der Waals surface area contributed by atoms with Crippen LogP contribution in [0.2, 0.25) is 5.02 Å². The Morgan fingerprint density at radius 1 is 1.19 bits per heavy atom. The average Bonchev–Trinajstić information content (AvgIpc) is 2.92. The molecule has 1 aromatic heterocycles. The van der Waals surface area contributed by atoms with E-state index in [-0.39, 0.29) is 17.0 Å². The smallest absolute Gasteiger partial charge is 0.264 e. The molecule has 3 N–H and O–H groups in total. The van der Waals surface area contributed by atoms with Crippen LogP contribution in [-0.4, -0.2) is 27.4 Å². The lowest BCUT2D eigenvalue weighted by Gasteiger charge is -2.22. The van der Waals surface area contributed by atoms with Gasteiger partial charge in [0.25, 0.3) is 11.5 Å². The zero-order valence-corrected chi connectivity index (χ0v) is 15.1. The minimum Gasteiger partial charge on any atom is -0.373 e. The van der Waals surface area contributed by atoms with Crippen molar-refractivity contribution < 1.29 is 9.90 Å². The van der Waals surface area contributed by atoms with Crippen LogP contribution in [0.5, 0.6) is 0 Å². The second-order valence-electron chi connectivity index (χ2n) is 6.67. The Kier molecular flexibility index (Phi) is 6.06. The number of aliphatic hydroxyl groups is 1. The first-order chi connectivity index (χ1) is 12.5. The fourth-order valence-electron chi connectivity index (χ4n) is 3.32. The van der Waals surface area contributed by atoms with Gasteiger partial charge in [-0.15, -0.1) is 0 Å². The molecule has 0 aliphatic heterocycles. The van der Waals surface area contributed by atoms with Crippen LogP contribution in [0, 0.1) is 5.92 Å². The zero-order chi connectivity index (χ0) is 18.5. The molecule has 0 radical (unpaired) electrons. The number of amides is 1. The maximum atomic E-state index is 12.6. The van der Waals surface area contributed by atoms with E-state index in [9.17, 15) is 14.7 Å². The predicted molar refractivity (Wildman–Crippen MR) is 100.0 cm³/mol. The summed E-state index contributed by atoms with van der Waals surface area (Å²) in [7, 11) is 0. The van der Waals surface area contributed by atoms with Crippen molar-refractivity contribution in [2.24, 2.45) is 5.92 Å². The summed E-state index contributed by atoms with van der Waals surface area (Å²) in [5.41, 5.74) is 1.15. The summed E-state index contributed by atoms with van der Waals surface area (Å²) in [5.74, 6) is -0.345. The fraction of sp³-hybridized carbons (Fsp3) is 0.421. The van der Waals surface area contributed by atoms with Crippen molar-refractivity contribution in [1.82, 2.24) is 15.5 Å². The summed E-state index contributed by atoms with van der Waals surface area (Å²) in [5, 5.41) is 19.7. The molecule has 1 unspecified atom stereocenters. The van der Waals surface area contributed by atoms with Crippen LogP contribution in [0.3, 0.4) is 0 Å². The number of rotatable bonds is 4.